The number of carboxylic acids is 1. The first-order valence-electron chi connectivity index (χ1n) is 5.99. The van der Waals surface area contributed by atoms with Gasteiger partial charge in [-0.2, -0.15) is 0 Å². The first kappa shape index (κ1) is 16.7. The number of hydrogen-bond acceptors (Lipinski definition) is 3. The molecule has 0 aliphatic heterocycles. The van der Waals surface area contributed by atoms with Crippen molar-refractivity contribution < 1.29 is 19.4 Å². The fourth-order valence-electron chi connectivity index (χ4n) is 1.71. The Balaban J connectivity index is 4.58. The average molecular weight is 260 g/mol. The Hall–Kier alpha value is -1.30. The zero-order valence-electron chi connectivity index (χ0n) is 11.8. The van der Waals surface area contributed by atoms with Gasteiger partial charge in [-0.1, -0.05) is 13.3 Å². The highest BCUT2D eigenvalue weighted by atomic mass is 16.5. The molecular weight excluding hydrogens is 236 g/mol. The first-order valence-corrected chi connectivity index (χ1v) is 5.99. The molecule has 0 fully saturated rings. The van der Waals surface area contributed by atoms with Crippen LogP contribution in [0.25, 0.3) is 0 Å². The van der Waals surface area contributed by atoms with E-state index in [9.17, 15) is 9.59 Å². The summed E-state index contributed by atoms with van der Waals surface area (Å²) < 4.78 is 4.97. The Kier molecular flexibility index (Phi) is 6.11. The summed E-state index contributed by atoms with van der Waals surface area (Å²) in [5.74, 6) is -1.04. The number of carboxylic acid groups (broad SMARTS) is 1. The van der Waals surface area contributed by atoms with Crippen LogP contribution in [0.3, 0.4) is 0 Å². The molecule has 106 valence electrons. The highest BCUT2D eigenvalue weighted by Gasteiger charge is 2.35. The van der Waals surface area contributed by atoms with E-state index in [0.717, 1.165) is 0 Å². The number of carbonyl (C=O) groups excluding carboxylic acids is 1. The second-order valence-corrected chi connectivity index (χ2v) is 5.28. The number of nitrogens with one attached hydrogen (secondary N) is 2. The third kappa shape index (κ3) is 5.35. The molecule has 0 radical (unpaired) electrons. The Morgan fingerprint density at radius 2 is 1.78 bits per heavy atom. The molecule has 0 aromatic rings. The van der Waals surface area contributed by atoms with Crippen molar-refractivity contribution in [2.75, 3.05) is 13.7 Å². The maximum Gasteiger partial charge on any atom is 0.329 e. The van der Waals surface area contributed by atoms with Gasteiger partial charge in [0.25, 0.3) is 0 Å². The van der Waals surface area contributed by atoms with E-state index in [0.29, 0.717) is 19.4 Å². The maximum atomic E-state index is 11.8. The molecule has 0 aliphatic carbocycles. The van der Waals surface area contributed by atoms with Crippen molar-refractivity contribution in [3.8, 4) is 0 Å². The van der Waals surface area contributed by atoms with E-state index in [4.69, 9.17) is 9.84 Å². The predicted molar refractivity (Wildman–Crippen MR) is 68.6 cm³/mol. The van der Waals surface area contributed by atoms with E-state index in [1.165, 1.54) is 6.92 Å². The molecule has 0 aromatic carbocycles. The van der Waals surface area contributed by atoms with Gasteiger partial charge in [0.05, 0.1) is 12.1 Å². The van der Waals surface area contributed by atoms with Gasteiger partial charge in [-0.15, -0.1) is 0 Å². The maximum absolute atomic E-state index is 11.8. The molecule has 0 saturated carbocycles. The number of hydrogen-bond donors (Lipinski definition) is 3. The quantitative estimate of drug-likeness (QED) is 0.645. The Labute approximate surface area is 108 Å². The van der Waals surface area contributed by atoms with Gasteiger partial charge < -0.3 is 20.5 Å². The standard InChI is InChI=1S/C12H24N2O4/c1-6-7-12(4,9(15)16)14-10(17)13-11(2,3)8-18-5/h6-8H2,1-5H3,(H,15,16)(H2,13,14,17). The molecule has 0 aromatic heterocycles. The molecule has 0 aliphatic rings. The number of rotatable bonds is 7. The van der Waals surface area contributed by atoms with Crippen molar-refractivity contribution in [2.45, 2.75) is 51.6 Å². The van der Waals surface area contributed by atoms with E-state index < -0.39 is 23.1 Å². The van der Waals surface area contributed by atoms with Crippen LogP contribution in [0, 0.1) is 0 Å². The summed E-state index contributed by atoms with van der Waals surface area (Å²) in [5, 5.41) is 14.3. The fraction of sp³-hybridized carbons (Fsp3) is 0.833. The SMILES string of the molecule is CCCC(C)(NC(=O)NC(C)(C)COC)C(=O)O. The van der Waals surface area contributed by atoms with E-state index in [1.807, 2.05) is 6.92 Å². The van der Waals surface area contributed by atoms with Gasteiger partial charge in [-0.25, -0.2) is 9.59 Å². The topological polar surface area (TPSA) is 87.7 Å². The van der Waals surface area contributed by atoms with Crippen LogP contribution in [-0.2, 0) is 9.53 Å². The molecule has 6 heteroatoms. The largest absolute Gasteiger partial charge is 0.480 e. The number of aliphatic carboxylic acids is 1. The Morgan fingerprint density at radius 1 is 1.22 bits per heavy atom. The molecule has 0 heterocycles. The third-order valence-corrected chi connectivity index (χ3v) is 2.57. The zero-order chi connectivity index (χ0) is 14.4. The van der Waals surface area contributed by atoms with Gasteiger partial charge in [0.1, 0.15) is 5.54 Å². The van der Waals surface area contributed by atoms with Gasteiger partial charge in [-0.3, -0.25) is 0 Å². The van der Waals surface area contributed by atoms with Gasteiger partial charge in [0, 0.05) is 7.11 Å². The lowest BCUT2D eigenvalue weighted by Gasteiger charge is -2.30. The first-order chi connectivity index (χ1) is 8.17. The number of amides is 2. The van der Waals surface area contributed by atoms with Crippen LogP contribution in [0.4, 0.5) is 4.79 Å². The van der Waals surface area contributed by atoms with E-state index in [2.05, 4.69) is 10.6 Å². The molecule has 0 saturated heterocycles. The highest BCUT2D eigenvalue weighted by Crippen LogP contribution is 2.13. The fourth-order valence-corrected chi connectivity index (χ4v) is 1.71. The minimum Gasteiger partial charge on any atom is -0.480 e. The average Bonchev–Trinajstić information content (AvgIpc) is 2.15. The van der Waals surface area contributed by atoms with Crippen LogP contribution in [0.1, 0.15) is 40.5 Å². The van der Waals surface area contributed by atoms with Crippen molar-refractivity contribution in [1.29, 1.82) is 0 Å². The molecule has 0 spiro atoms. The van der Waals surface area contributed by atoms with E-state index in [-0.39, 0.29) is 0 Å². The lowest BCUT2D eigenvalue weighted by atomic mass is 9.96. The second kappa shape index (κ2) is 6.58. The minimum atomic E-state index is -1.25. The highest BCUT2D eigenvalue weighted by molar-refractivity contribution is 5.86. The number of ether oxygens (including phenoxy) is 1. The van der Waals surface area contributed by atoms with Crippen molar-refractivity contribution >= 4 is 12.0 Å². The normalized spacial score (nSPS) is 14.7. The van der Waals surface area contributed by atoms with Gasteiger partial charge in [-0.05, 0) is 27.2 Å². The van der Waals surface area contributed by atoms with Gasteiger partial charge in [0.2, 0.25) is 0 Å². The van der Waals surface area contributed by atoms with Gasteiger partial charge in [0.15, 0.2) is 0 Å². The molecule has 1 unspecified atom stereocenters. The lowest BCUT2D eigenvalue weighted by molar-refractivity contribution is -0.144. The summed E-state index contributed by atoms with van der Waals surface area (Å²) in [6.07, 6.45) is 1.05. The van der Waals surface area contributed by atoms with Crippen LogP contribution >= 0.6 is 0 Å². The number of urea groups is 1. The van der Waals surface area contributed by atoms with E-state index >= 15 is 0 Å². The molecule has 0 rings (SSSR count). The monoisotopic (exact) mass is 260 g/mol. The van der Waals surface area contributed by atoms with Crippen molar-refractivity contribution in [3.05, 3.63) is 0 Å². The summed E-state index contributed by atoms with van der Waals surface area (Å²) in [4.78, 5) is 23.0. The summed E-state index contributed by atoms with van der Waals surface area (Å²) in [5.41, 5.74) is -1.80. The van der Waals surface area contributed by atoms with Crippen LogP contribution in [0.15, 0.2) is 0 Å². The molecular formula is C12H24N2O4. The number of methoxy groups -OCH3 is 1. The van der Waals surface area contributed by atoms with Crippen molar-refractivity contribution in [1.82, 2.24) is 10.6 Å². The molecule has 18 heavy (non-hydrogen) atoms. The van der Waals surface area contributed by atoms with E-state index in [1.54, 1.807) is 21.0 Å². The summed E-state index contributed by atoms with van der Waals surface area (Å²) in [7, 11) is 1.54. The number of carbonyl (C=O) groups is 2. The van der Waals surface area contributed by atoms with Crippen molar-refractivity contribution in [2.24, 2.45) is 0 Å². The second-order valence-electron chi connectivity index (χ2n) is 5.28. The van der Waals surface area contributed by atoms with Crippen molar-refractivity contribution in [3.63, 3.8) is 0 Å². The molecule has 1 atom stereocenters. The zero-order valence-corrected chi connectivity index (χ0v) is 11.8. The molecule has 3 N–H and O–H groups in total. The third-order valence-electron chi connectivity index (χ3n) is 2.57. The summed E-state index contributed by atoms with van der Waals surface area (Å²) >= 11 is 0. The molecule has 0 bridgehead atoms. The predicted octanol–water partition coefficient (Wildman–Crippen LogP) is 1.35. The summed E-state index contributed by atoms with van der Waals surface area (Å²) in [6, 6.07) is -0.504. The van der Waals surface area contributed by atoms with Crippen LogP contribution < -0.4 is 10.6 Å². The lowest BCUT2D eigenvalue weighted by Crippen LogP contribution is -2.59. The Bertz CT molecular complexity index is 304. The van der Waals surface area contributed by atoms with Crippen LogP contribution in [0.2, 0.25) is 0 Å². The Morgan fingerprint density at radius 3 is 2.17 bits per heavy atom. The smallest absolute Gasteiger partial charge is 0.329 e. The minimum absolute atomic E-state index is 0.345. The molecule has 6 nitrogen and oxygen atoms in total. The van der Waals surface area contributed by atoms with Crippen LogP contribution in [0.5, 0.6) is 0 Å². The summed E-state index contributed by atoms with van der Waals surface area (Å²) in [6.45, 7) is 7.32. The van der Waals surface area contributed by atoms with Gasteiger partial charge >= 0.3 is 12.0 Å². The molecule has 2 amide bonds. The van der Waals surface area contributed by atoms with Crippen LogP contribution in [-0.4, -0.2) is 41.9 Å².